The number of thiophene rings is 2. The number of carbonyl (C=O) groups excluding carboxylic acids is 1. The molecular weight excluding hydrogens is 278 g/mol. The van der Waals surface area contributed by atoms with Crippen molar-refractivity contribution in [2.45, 2.75) is 13.8 Å². The van der Waals surface area contributed by atoms with Crippen molar-refractivity contribution in [3.05, 3.63) is 49.5 Å². The van der Waals surface area contributed by atoms with Crippen molar-refractivity contribution in [2.24, 2.45) is 4.99 Å². The fraction of sp³-hybridized carbons (Fsp3) is 0.143. The lowest BCUT2D eigenvalue weighted by atomic mass is 10.3. The van der Waals surface area contributed by atoms with Crippen LogP contribution in [-0.4, -0.2) is 11.9 Å². The van der Waals surface area contributed by atoms with E-state index >= 15 is 0 Å². The maximum Gasteiger partial charge on any atom is 0.363 e. The molecule has 0 saturated heterocycles. The van der Waals surface area contributed by atoms with Gasteiger partial charge in [-0.3, -0.25) is 0 Å². The summed E-state index contributed by atoms with van der Waals surface area (Å²) >= 11 is 3.19. The first-order valence-corrected chi connectivity index (χ1v) is 7.41. The molecule has 0 saturated carbocycles. The summed E-state index contributed by atoms with van der Waals surface area (Å²) in [5, 5.41) is 0. The number of carbonyl (C=O) groups is 1. The summed E-state index contributed by atoms with van der Waals surface area (Å²) in [7, 11) is 0. The number of hydrogen-bond acceptors (Lipinski definition) is 5. The normalized spacial score (nSPS) is 16.8. The first-order chi connectivity index (χ1) is 9.11. The maximum absolute atomic E-state index is 11.8. The molecule has 3 heterocycles. The second-order valence-electron chi connectivity index (χ2n) is 4.19. The van der Waals surface area contributed by atoms with Crippen LogP contribution in [0, 0.1) is 13.8 Å². The Morgan fingerprint density at radius 2 is 1.84 bits per heavy atom. The monoisotopic (exact) mass is 289 g/mol. The van der Waals surface area contributed by atoms with Crippen LogP contribution in [-0.2, 0) is 9.53 Å². The van der Waals surface area contributed by atoms with Crippen LogP contribution in [0.2, 0.25) is 0 Å². The van der Waals surface area contributed by atoms with Gasteiger partial charge in [-0.15, -0.1) is 22.7 Å². The van der Waals surface area contributed by atoms with E-state index < -0.39 is 0 Å². The van der Waals surface area contributed by atoms with Crippen LogP contribution in [0.4, 0.5) is 0 Å². The van der Waals surface area contributed by atoms with Gasteiger partial charge >= 0.3 is 5.97 Å². The molecule has 19 heavy (non-hydrogen) atoms. The lowest BCUT2D eigenvalue weighted by Gasteiger charge is -1.92. The highest BCUT2D eigenvalue weighted by Gasteiger charge is 2.25. The molecule has 2 aromatic heterocycles. The highest BCUT2D eigenvalue weighted by atomic mass is 32.1. The van der Waals surface area contributed by atoms with E-state index in [-0.39, 0.29) is 5.97 Å². The Labute approximate surface area is 118 Å². The zero-order valence-corrected chi connectivity index (χ0v) is 12.1. The van der Waals surface area contributed by atoms with E-state index in [0.717, 1.165) is 9.75 Å². The molecule has 0 bridgehead atoms. The van der Waals surface area contributed by atoms with E-state index in [1.807, 2.05) is 38.1 Å². The highest BCUT2D eigenvalue weighted by Crippen LogP contribution is 2.25. The third-order valence-electron chi connectivity index (χ3n) is 2.61. The van der Waals surface area contributed by atoms with Crippen molar-refractivity contribution >= 4 is 40.6 Å². The lowest BCUT2D eigenvalue weighted by molar-refractivity contribution is -0.129. The van der Waals surface area contributed by atoms with E-state index in [2.05, 4.69) is 4.99 Å². The first-order valence-electron chi connectivity index (χ1n) is 5.77. The maximum atomic E-state index is 11.8. The van der Waals surface area contributed by atoms with Gasteiger partial charge in [0, 0.05) is 14.6 Å². The Morgan fingerprint density at radius 3 is 2.47 bits per heavy atom. The molecule has 0 atom stereocenters. The first kappa shape index (κ1) is 12.3. The largest absolute Gasteiger partial charge is 0.401 e. The lowest BCUT2D eigenvalue weighted by Crippen LogP contribution is -2.03. The van der Waals surface area contributed by atoms with Gasteiger partial charge in [-0.25, -0.2) is 9.79 Å². The molecule has 0 spiro atoms. The summed E-state index contributed by atoms with van der Waals surface area (Å²) in [5.41, 5.74) is 0.364. The van der Waals surface area contributed by atoms with Crippen LogP contribution in [0.3, 0.4) is 0 Å². The average Bonchev–Trinajstić information content (AvgIpc) is 3.03. The summed E-state index contributed by atoms with van der Waals surface area (Å²) in [4.78, 5) is 20.3. The summed E-state index contributed by atoms with van der Waals surface area (Å²) in [6, 6.07) is 7.90. The molecule has 0 N–H and O–H groups in total. The summed E-state index contributed by atoms with van der Waals surface area (Å²) < 4.78 is 5.21. The Morgan fingerprint density at radius 1 is 1.11 bits per heavy atom. The van der Waals surface area contributed by atoms with Gasteiger partial charge in [0.25, 0.3) is 0 Å². The number of ether oxygens (including phenoxy) is 1. The van der Waals surface area contributed by atoms with E-state index in [4.69, 9.17) is 4.74 Å². The summed E-state index contributed by atoms with van der Waals surface area (Å²) in [6.45, 7) is 4.04. The van der Waals surface area contributed by atoms with Crippen molar-refractivity contribution in [3.63, 3.8) is 0 Å². The number of aryl methyl sites for hydroxylation is 2. The van der Waals surface area contributed by atoms with E-state index in [1.165, 1.54) is 9.75 Å². The molecular formula is C14H11NO2S2. The van der Waals surface area contributed by atoms with E-state index in [1.54, 1.807) is 28.7 Å². The number of esters is 1. The molecule has 1 aliphatic heterocycles. The minimum Gasteiger partial charge on any atom is -0.401 e. The zero-order chi connectivity index (χ0) is 13.4. The van der Waals surface area contributed by atoms with Crippen molar-refractivity contribution in [2.75, 3.05) is 0 Å². The minimum atomic E-state index is -0.382. The molecule has 0 radical (unpaired) electrons. The molecule has 96 valence electrons. The third kappa shape index (κ3) is 2.52. The Balaban J connectivity index is 1.93. The minimum absolute atomic E-state index is 0.364. The molecule has 0 unspecified atom stereocenters. The van der Waals surface area contributed by atoms with Gasteiger partial charge < -0.3 is 4.74 Å². The van der Waals surface area contributed by atoms with Crippen LogP contribution in [0.15, 0.2) is 35.0 Å². The molecule has 0 aliphatic carbocycles. The fourth-order valence-corrected chi connectivity index (χ4v) is 3.34. The van der Waals surface area contributed by atoms with Gasteiger partial charge in [-0.05, 0) is 44.2 Å². The second-order valence-corrected chi connectivity index (χ2v) is 6.80. The van der Waals surface area contributed by atoms with Gasteiger partial charge in [-0.2, -0.15) is 0 Å². The van der Waals surface area contributed by atoms with Crippen molar-refractivity contribution in [3.8, 4) is 0 Å². The molecule has 2 aromatic rings. The molecule has 0 fully saturated rings. The van der Waals surface area contributed by atoms with Crippen LogP contribution in [0.25, 0.3) is 6.08 Å². The van der Waals surface area contributed by atoms with E-state index in [9.17, 15) is 4.79 Å². The predicted octanol–water partition coefficient (Wildman–Crippen LogP) is 3.77. The molecule has 0 aromatic carbocycles. The number of nitrogens with zero attached hydrogens (tertiary/aromatic N) is 1. The molecule has 1 aliphatic rings. The summed E-state index contributed by atoms with van der Waals surface area (Å²) in [6.07, 6.45) is 1.77. The topological polar surface area (TPSA) is 38.7 Å². The quantitative estimate of drug-likeness (QED) is 0.623. The van der Waals surface area contributed by atoms with Crippen molar-refractivity contribution < 1.29 is 9.53 Å². The number of rotatable bonds is 2. The Hall–Kier alpha value is -1.72. The SMILES string of the molecule is Cc1ccc(C=C2N=C(c3ccc(C)s3)OC2=O)s1. The van der Waals surface area contributed by atoms with Crippen molar-refractivity contribution in [1.82, 2.24) is 0 Å². The third-order valence-corrected chi connectivity index (χ3v) is 4.55. The predicted molar refractivity (Wildman–Crippen MR) is 78.7 cm³/mol. The standard InChI is InChI=1S/C14H11NO2S2/c1-8-3-5-10(18-8)7-11-14(16)17-13(15-11)12-6-4-9(2)19-12/h3-7H,1-2H3. The highest BCUT2D eigenvalue weighted by molar-refractivity contribution is 7.14. The zero-order valence-electron chi connectivity index (χ0n) is 10.5. The van der Waals surface area contributed by atoms with Crippen LogP contribution < -0.4 is 0 Å². The average molecular weight is 289 g/mol. The number of hydrogen-bond donors (Lipinski definition) is 0. The molecule has 0 amide bonds. The van der Waals surface area contributed by atoms with Crippen LogP contribution in [0.5, 0.6) is 0 Å². The van der Waals surface area contributed by atoms with Gasteiger partial charge in [0.05, 0.1) is 4.88 Å². The van der Waals surface area contributed by atoms with Gasteiger partial charge in [0.15, 0.2) is 5.70 Å². The van der Waals surface area contributed by atoms with Gasteiger partial charge in [0.2, 0.25) is 5.90 Å². The Kier molecular flexibility index (Phi) is 3.08. The number of cyclic esters (lactones) is 1. The van der Waals surface area contributed by atoms with Crippen LogP contribution in [0.1, 0.15) is 19.5 Å². The van der Waals surface area contributed by atoms with E-state index in [0.29, 0.717) is 11.6 Å². The molecule has 3 nitrogen and oxygen atoms in total. The Bertz CT molecular complexity index is 707. The fourth-order valence-electron chi connectivity index (χ4n) is 1.73. The van der Waals surface area contributed by atoms with Gasteiger partial charge in [-0.1, -0.05) is 0 Å². The molecule has 3 rings (SSSR count). The van der Waals surface area contributed by atoms with Crippen molar-refractivity contribution in [1.29, 1.82) is 0 Å². The number of aliphatic imine (C=N–C) groups is 1. The smallest absolute Gasteiger partial charge is 0.363 e. The van der Waals surface area contributed by atoms with Crippen LogP contribution >= 0.6 is 22.7 Å². The second kappa shape index (κ2) is 4.75. The molecule has 5 heteroatoms. The van der Waals surface area contributed by atoms with Gasteiger partial charge in [0.1, 0.15) is 0 Å². The summed E-state index contributed by atoms with van der Waals surface area (Å²) in [5.74, 6) is 0.0229.